The Balaban J connectivity index is 2.84. The molecule has 1 aromatic carbocycles. The van der Waals surface area contributed by atoms with Crippen molar-refractivity contribution in [3.8, 4) is 5.75 Å². The van der Waals surface area contributed by atoms with Crippen molar-refractivity contribution in [2.75, 3.05) is 0 Å². The Hall–Kier alpha value is -0.580. The monoisotopic (exact) mass is 248 g/mol. The second-order valence-corrected chi connectivity index (χ2v) is 2.92. The molecule has 0 aromatic heterocycles. The van der Waals surface area contributed by atoms with Crippen LogP contribution in [0.1, 0.15) is 0 Å². The summed E-state index contributed by atoms with van der Waals surface area (Å²) >= 11 is 2.15. The molecule has 0 atom stereocenters. The summed E-state index contributed by atoms with van der Waals surface area (Å²) in [6, 6.07) is 7.28. The van der Waals surface area contributed by atoms with E-state index < -0.39 is 0 Å². The van der Waals surface area contributed by atoms with Crippen molar-refractivity contribution in [3.63, 3.8) is 0 Å². The molecule has 0 saturated carbocycles. The fraction of sp³-hybridized carbons (Fsp3) is 0. The summed E-state index contributed by atoms with van der Waals surface area (Å²) in [6.45, 7) is 0.422. The zero-order chi connectivity index (χ0) is 7.40. The van der Waals surface area contributed by atoms with E-state index in [-0.39, 0.29) is 0 Å². The molecule has 10 heavy (non-hydrogen) atoms. The van der Waals surface area contributed by atoms with Gasteiger partial charge in [0.25, 0.3) is 6.47 Å². The maximum Gasteiger partial charge on any atom is 0.298 e. The fourth-order valence-electron chi connectivity index (χ4n) is 0.596. The first-order valence-electron chi connectivity index (χ1n) is 2.69. The lowest BCUT2D eigenvalue weighted by Gasteiger charge is -1.95. The highest BCUT2D eigenvalue weighted by Gasteiger charge is 1.90. The van der Waals surface area contributed by atoms with Gasteiger partial charge in [-0.25, -0.2) is 0 Å². The zero-order valence-electron chi connectivity index (χ0n) is 5.08. The molecule has 0 aliphatic rings. The minimum Gasteiger partial charge on any atom is -0.429 e. The van der Waals surface area contributed by atoms with Gasteiger partial charge in [-0.1, -0.05) is 6.07 Å². The molecule has 0 aliphatic heterocycles. The van der Waals surface area contributed by atoms with Gasteiger partial charge in [0, 0.05) is 3.57 Å². The number of hydrogen-bond donors (Lipinski definition) is 0. The lowest BCUT2D eigenvalue weighted by atomic mass is 10.3. The number of halogens is 1. The van der Waals surface area contributed by atoms with Crippen LogP contribution in [0.4, 0.5) is 0 Å². The van der Waals surface area contributed by atoms with Crippen LogP contribution in [0.2, 0.25) is 0 Å². The number of benzene rings is 1. The van der Waals surface area contributed by atoms with Gasteiger partial charge in [0.2, 0.25) is 0 Å². The quantitative estimate of drug-likeness (QED) is 0.589. The van der Waals surface area contributed by atoms with Crippen molar-refractivity contribution >= 4 is 29.1 Å². The molecule has 0 N–H and O–H groups in total. The molecule has 3 heteroatoms. The summed E-state index contributed by atoms with van der Waals surface area (Å²) in [5.74, 6) is 0.585. The summed E-state index contributed by atoms with van der Waals surface area (Å²) in [5, 5.41) is 0. The van der Waals surface area contributed by atoms with E-state index in [9.17, 15) is 4.79 Å². The van der Waals surface area contributed by atoms with Crippen LogP contribution >= 0.6 is 22.6 Å². The Bertz CT molecular complexity index is 235. The van der Waals surface area contributed by atoms with Gasteiger partial charge in [0.05, 0.1) is 0 Å². The van der Waals surface area contributed by atoms with Gasteiger partial charge in [-0.3, -0.25) is 4.79 Å². The molecule has 0 saturated heterocycles. The fourth-order valence-corrected chi connectivity index (χ4v) is 1.11. The van der Waals surface area contributed by atoms with Crippen LogP contribution in [0.15, 0.2) is 24.3 Å². The highest BCUT2D eigenvalue weighted by atomic mass is 127. The van der Waals surface area contributed by atoms with Gasteiger partial charge >= 0.3 is 0 Å². The molecular weight excluding hydrogens is 243 g/mol. The van der Waals surface area contributed by atoms with E-state index in [1.54, 1.807) is 12.1 Å². The maximum absolute atomic E-state index is 9.86. The number of hydrogen-bond acceptors (Lipinski definition) is 2. The number of rotatable bonds is 2. The molecule has 1 aromatic rings. The van der Waals surface area contributed by atoms with E-state index in [0.29, 0.717) is 12.2 Å². The van der Waals surface area contributed by atoms with E-state index in [1.807, 2.05) is 12.1 Å². The highest BCUT2D eigenvalue weighted by Crippen LogP contribution is 2.13. The lowest BCUT2D eigenvalue weighted by molar-refractivity contribution is -0.120. The first kappa shape index (κ1) is 7.53. The summed E-state index contributed by atoms with van der Waals surface area (Å²) in [7, 11) is 0. The zero-order valence-corrected chi connectivity index (χ0v) is 7.24. The average Bonchev–Trinajstić information content (AvgIpc) is 1.88. The second kappa shape index (κ2) is 3.55. The van der Waals surface area contributed by atoms with Gasteiger partial charge in [-0.2, -0.15) is 0 Å². The molecule has 2 nitrogen and oxygen atoms in total. The first-order valence-corrected chi connectivity index (χ1v) is 3.76. The summed E-state index contributed by atoms with van der Waals surface area (Å²) in [5.41, 5.74) is 0. The van der Waals surface area contributed by atoms with E-state index in [1.165, 1.54) is 0 Å². The molecule has 0 amide bonds. The summed E-state index contributed by atoms with van der Waals surface area (Å²) in [4.78, 5) is 9.86. The Labute approximate surface area is 72.3 Å². The van der Waals surface area contributed by atoms with Crippen molar-refractivity contribution in [1.82, 2.24) is 0 Å². The van der Waals surface area contributed by atoms with Gasteiger partial charge in [-0.05, 0) is 40.8 Å². The van der Waals surface area contributed by atoms with Gasteiger partial charge in [0.1, 0.15) is 5.75 Å². The number of carbonyl (C=O) groups excluding carboxylic acids is 1. The van der Waals surface area contributed by atoms with E-state index >= 15 is 0 Å². The van der Waals surface area contributed by atoms with E-state index in [4.69, 9.17) is 0 Å². The molecule has 1 rings (SSSR count). The predicted octanol–water partition coefficient (Wildman–Crippen LogP) is 1.83. The summed E-state index contributed by atoms with van der Waals surface area (Å²) in [6.07, 6.45) is 0. The standard InChI is InChI=1S/C7H5IO2/c8-6-2-1-3-7(4-6)10-5-9/h1-5H. The average molecular weight is 248 g/mol. The van der Waals surface area contributed by atoms with Crippen LogP contribution in [0.25, 0.3) is 0 Å². The number of carbonyl (C=O) groups is 1. The first-order chi connectivity index (χ1) is 4.83. The lowest BCUT2D eigenvalue weighted by Crippen LogP contribution is -1.87. The molecule has 52 valence electrons. The molecule has 0 heterocycles. The summed E-state index contributed by atoms with van der Waals surface area (Å²) < 4.78 is 5.65. The van der Waals surface area contributed by atoms with Crippen LogP contribution in [0.3, 0.4) is 0 Å². The highest BCUT2D eigenvalue weighted by molar-refractivity contribution is 14.1. The topological polar surface area (TPSA) is 26.3 Å². The van der Waals surface area contributed by atoms with Crippen molar-refractivity contribution in [1.29, 1.82) is 0 Å². The molecule has 0 radical (unpaired) electrons. The largest absolute Gasteiger partial charge is 0.429 e. The second-order valence-electron chi connectivity index (χ2n) is 1.67. The third-order valence-corrected chi connectivity index (χ3v) is 1.65. The molecule has 0 spiro atoms. The Kier molecular flexibility index (Phi) is 2.68. The van der Waals surface area contributed by atoms with Crippen molar-refractivity contribution in [2.45, 2.75) is 0 Å². The smallest absolute Gasteiger partial charge is 0.298 e. The SMILES string of the molecule is O=COc1cccc(I)c1. The number of ether oxygens (including phenoxy) is 1. The molecule has 0 fully saturated rings. The van der Waals surface area contributed by atoms with Crippen molar-refractivity contribution in [2.24, 2.45) is 0 Å². The van der Waals surface area contributed by atoms with Gasteiger partial charge in [0.15, 0.2) is 0 Å². The third kappa shape index (κ3) is 1.98. The van der Waals surface area contributed by atoms with E-state index in [0.717, 1.165) is 3.57 Å². The maximum atomic E-state index is 9.86. The van der Waals surface area contributed by atoms with Crippen LogP contribution in [0, 0.1) is 3.57 Å². The van der Waals surface area contributed by atoms with Crippen LogP contribution in [-0.2, 0) is 4.79 Å². The predicted molar refractivity (Wildman–Crippen MR) is 45.9 cm³/mol. The van der Waals surface area contributed by atoms with Crippen LogP contribution in [0.5, 0.6) is 5.75 Å². The van der Waals surface area contributed by atoms with E-state index in [2.05, 4.69) is 27.3 Å². The minimum atomic E-state index is 0.422. The molecular formula is C7H5IO2. The Morgan fingerprint density at radius 2 is 2.30 bits per heavy atom. The third-order valence-electron chi connectivity index (χ3n) is 0.980. The van der Waals surface area contributed by atoms with Crippen molar-refractivity contribution in [3.05, 3.63) is 27.8 Å². The molecule has 0 unspecified atom stereocenters. The molecule has 0 aliphatic carbocycles. The Morgan fingerprint density at radius 1 is 1.50 bits per heavy atom. The van der Waals surface area contributed by atoms with Gasteiger partial charge < -0.3 is 4.74 Å². The minimum absolute atomic E-state index is 0.422. The van der Waals surface area contributed by atoms with Crippen LogP contribution < -0.4 is 4.74 Å². The normalized spacial score (nSPS) is 8.90. The van der Waals surface area contributed by atoms with Crippen LogP contribution in [-0.4, -0.2) is 6.47 Å². The Morgan fingerprint density at radius 3 is 2.90 bits per heavy atom. The van der Waals surface area contributed by atoms with Crippen molar-refractivity contribution < 1.29 is 9.53 Å². The molecule has 0 bridgehead atoms. The van der Waals surface area contributed by atoms with Gasteiger partial charge in [-0.15, -0.1) is 0 Å².